The number of benzene rings is 2. The highest BCUT2D eigenvalue weighted by Crippen LogP contribution is 2.26. The van der Waals surface area contributed by atoms with E-state index >= 15 is 0 Å². The number of aryl methyl sites for hydroxylation is 3. The van der Waals surface area contributed by atoms with Crippen molar-refractivity contribution in [3.8, 4) is 5.75 Å². The maximum absolute atomic E-state index is 12.5. The summed E-state index contributed by atoms with van der Waals surface area (Å²) < 4.78 is 10.6. The van der Waals surface area contributed by atoms with Crippen LogP contribution in [-0.4, -0.2) is 30.0 Å². The number of nitrogens with one attached hydrogen (secondary N) is 1. The van der Waals surface area contributed by atoms with Crippen molar-refractivity contribution in [2.75, 3.05) is 13.2 Å². The number of Topliss-reactive ketones (excluding diaryl/α,β-unsaturated/α-hetero) is 1. The predicted molar refractivity (Wildman–Crippen MR) is 107 cm³/mol. The number of ether oxygens (including phenoxy) is 2. The van der Waals surface area contributed by atoms with Crippen LogP contribution in [0.5, 0.6) is 5.75 Å². The average Bonchev–Trinajstić information content (AvgIpc) is 3.36. The molecule has 0 saturated heterocycles. The van der Waals surface area contributed by atoms with Gasteiger partial charge in [0.05, 0.1) is 0 Å². The first kappa shape index (κ1) is 18.3. The Labute approximate surface area is 163 Å². The van der Waals surface area contributed by atoms with Gasteiger partial charge in [-0.15, -0.1) is 0 Å². The van der Waals surface area contributed by atoms with Crippen LogP contribution in [0.4, 0.5) is 0 Å². The molecule has 1 aliphatic rings. The minimum atomic E-state index is -0.553. The van der Waals surface area contributed by atoms with Crippen molar-refractivity contribution in [3.63, 3.8) is 0 Å². The lowest BCUT2D eigenvalue weighted by Crippen LogP contribution is -2.19. The van der Waals surface area contributed by atoms with Crippen LogP contribution in [0.1, 0.15) is 40.4 Å². The molecule has 0 aliphatic heterocycles. The van der Waals surface area contributed by atoms with E-state index in [9.17, 15) is 9.59 Å². The highest BCUT2D eigenvalue weighted by molar-refractivity contribution is 6.09. The lowest BCUT2D eigenvalue weighted by Gasteiger charge is -2.08. The molecule has 2 aromatic carbocycles. The molecular formula is C23H23NO4. The van der Waals surface area contributed by atoms with Gasteiger partial charge in [0.15, 0.2) is 13.2 Å². The normalized spacial score (nSPS) is 12.8. The molecule has 5 nitrogen and oxygen atoms in total. The number of carbonyl (C=O) groups is 2. The molecule has 3 aromatic rings. The Morgan fingerprint density at radius 1 is 1.07 bits per heavy atom. The van der Waals surface area contributed by atoms with Gasteiger partial charge in [0, 0.05) is 22.7 Å². The zero-order valence-corrected chi connectivity index (χ0v) is 15.9. The van der Waals surface area contributed by atoms with Gasteiger partial charge in [0.25, 0.3) is 0 Å². The maximum Gasteiger partial charge on any atom is 0.344 e. The fourth-order valence-electron chi connectivity index (χ4n) is 3.79. The quantitative estimate of drug-likeness (QED) is 0.499. The first-order chi connectivity index (χ1) is 13.7. The third-order valence-corrected chi connectivity index (χ3v) is 5.27. The Balaban J connectivity index is 1.33. The van der Waals surface area contributed by atoms with Crippen LogP contribution in [0.2, 0.25) is 0 Å². The van der Waals surface area contributed by atoms with Gasteiger partial charge in [0.1, 0.15) is 5.75 Å². The lowest BCUT2D eigenvalue weighted by molar-refractivity contribution is -0.144. The molecule has 1 aliphatic carbocycles. The molecule has 4 rings (SSSR count). The van der Waals surface area contributed by atoms with E-state index in [0.717, 1.165) is 42.1 Å². The third-order valence-electron chi connectivity index (χ3n) is 5.27. The van der Waals surface area contributed by atoms with Gasteiger partial charge < -0.3 is 14.5 Å². The molecule has 1 aromatic heterocycles. The van der Waals surface area contributed by atoms with E-state index in [1.807, 2.05) is 36.4 Å². The summed E-state index contributed by atoms with van der Waals surface area (Å²) in [4.78, 5) is 27.6. The maximum atomic E-state index is 12.5. The van der Waals surface area contributed by atoms with Crippen molar-refractivity contribution in [2.45, 2.75) is 32.6 Å². The SMILES string of the molecule is CCc1cccc2c(C(=O)COC(=O)COc3ccc4c(c3)CCC4)c[nH]c12. The monoisotopic (exact) mass is 377 g/mol. The second-order valence-corrected chi connectivity index (χ2v) is 7.05. The van der Waals surface area contributed by atoms with Crippen LogP contribution < -0.4 is 4.74 Å². The smallest absolute Gasteiger partial charge is 0.344 e. The number of fused-ring (bicyclic) bond motifs is 2. The molecule has 0 atom stereocenters. The Bertz CT molecular complexity index is 1030. The van der Waals surface area contributed by atoms with E-state index in [2.05, 4.69) is 11.9 Å². The number of hydrogen-bond acceptors (Lipinski definition) is 4. The van der Waals surface area contributed by atoms with Gasteiger partial charge in [-0.25, -0.2) is 4.79 Å². The summed E-state index contributed by atoms with van der Waals surface area (Å²) in [6.07, 6.45) is 5.88. The number of esters is 1. The van der Waals surface area contributed by atoms with E-state index in [-0.39, 0.29) is 19.0 Å². The standard InChI is InChI=1S/C23H23NO4/c1-2-15-5-4-8-19-20(12-24-23(15)19)21(25)13-28-22(26)14-27-18-10-9-16-6-3-7-17(16)11-18/h4-5,8-12,24H,2-3,6-7,13-14H2,1H3. The van der Waals surface area contributed by atoms with Crippen LogP contribution in [0, 0.1) is 0 Å². The topological polar surface area (TPSA) is 68.4 Å². The number of hydrogen-bond donors (Lipinski definition) is 1. The van der Waals surface area contributed by atoms with Gasteiger partial charge in [-0.05, 0) is 54.5 Å². The summed E-state index contributed by atoms with van der Waals surface area (Å²) in [5.74, 6) is -0.124. The molecule has 0 radical (unpaired) electrons. The van der Waals surface area contributed by atoms with Crippen molar-refractivity contribution in [1.82, 2.24) is 4.98 Å². The minimum absolute atomic E-state index is 0.208. The molecule has 0 bridgehead atoms. The number of rotatable bonds is 7. The fraction of sp³-hybridized carbons (Fsp3) is 0.304. The van der Waals surface area contributed by atoms with E-state index in [0.29, 0.717) is 11.3 Å². The number of H-pyrrole nitrogens is 1. The summed E-state index contributed by atoms with van der Waals surface area (Å²) in [6.45, 7) is 1.56. The molecule has 0 fully saturated rings. The van der Waals surface area contributed by atoms with Gasteiger partial charge >= 0.3 is 5.97 Å². The molecule has 0 saturated carbocycles. The van der Waals surface area contributed by atoms with Crippen molar-refractivity contribution in [2.24, 2.45) is 0 Å². The molecule has 28 heavy (non-hydrogen) atoms. The van der Waals surface area contributed by atoms with Crippen molar-refractivity contribution in [3.05, 3.63) is 64.8 Å². The second kappa shape index (κ2) is 7.89. The van der Waals surface area contributed by atoms with Crippen molar-refractivity contribution < 1.29 is 19.1 Å². The summed E-state index contributed by atoms with van der Waals surface area (Å²) in [5, 5.41) is 0.856. The molecule has 0 spiro atoms. The van der Waals surface area contributed by atoms with Crippen LogP contribution in [0.15, 0.2) is 42.6 Å². The lowest BCUT2D eigenvalue weighted by atomic mass is 10.1. The molecule has 1 heterocycles. The zero-order chi connectivity index (χ0) is 19.5. The number of aromatic amines is 1. The van der Waals surface area contributed by atoms with Crippen LogP contribution >= 0.6 is 0 Å². The molecule has 144 valence electrons. The average molecular weight is 377 g/mol. The molecule has 5 heteroatoms. The van der Waals surface area contributed by atoms with Crippen LogP contribution in [-0.2, 0) is 28.8 Å². The summed E-state index contributed by atoms with van der Waals surface area (Å²) >= 11 is 0. The minimum Gasteiger partial charge on any atom is -0.482 e. The molecule has 0 unspecified atom stereocenters. The van der Waals surface area contributed by atoms with E-state index < -0.39 is 5.97 Å². The number of carbonyl (C=O) groups excluding carboxylic acids is 2. The summed E-state index contributed by atoms with van der Waals surface area (Å²) in [6, 6.07) is 11.8. The third kappa shape index (κ3) is 3.65. The highest BCUT2D eigenvalue weighted by Gasteiger charge is 2.16. The van der Waals surface area contributed by atoms with Crippen LogP contribution in [0.25, 0.3) is 10.9 Å². The molecular weight excluding hydrogens is 354 g/mol. The molecule has 1 N–H and O–H groups in total. The van der Waals surface area contributed by atoms with Crippen molar-refractivity contribution in [1.29, 1.82) is 0 Å². The van der Waals surface area contributed by atoms with E-state index in [4.69, 9.17) is 9.47 Å². The van der Waals surface area contributed by atoms with Crippen LogP contribution in [0.3, 0.4) is 0 Å². The Morgan fingerprint density at radius 3 is 2.79 bits per heavy atom. The van der Waals surface area contributed by atoms with Gasteiger partial charge in [-0.2, -0.15) is 0 Å². The summed E-state index contributed by atoms with van der Waals surface area (Å²) in [7, 11) is 0. The first-order valence-electron chi connectivity index (χ1n) is 9.68. The Hall–Kier alpha value is -3.08. The van der Waals surface area contributed by atoms with Gasteiger partial charge in [-0.1, -0.05) is 31.2 Å². The Kier molecular flexibility index (Phi) is 5.15. The fourth-order valence-corrected chi connectivity index (χ4v) is 3.79. The van der Waals surface area contributed by atoms with Gasteiger partial charge in [-0.3, -0.25) is 4.79 Å². The number of aromatic nitrogens is 1. The largest absolute Gasteiger partial charge is 0.482 e. The summed E-state index contributed by atoms with van der Waals surface area (Å²) in [5.41, 5.74) is 5.28. The molecule has 0 amide bonds. The second-order valence-electron chi connectivity index (χ2n) is 7.05. The highest BCUT2D eigenvalue weighted by atomic mass is 16.6. The first-order valence-corrected chi connectivity index (χ1v) is 9.68. The van der Waals surface area contributed by atoms with E-state index in [1.165, 1.54) is 11.1 Å². The zero-order valence-electron chi connectivity index (χ0n) is 15.9. The number of para-hydroxylation sites is 1. The van der Waals surface area contributed by atoms with Gasteiger partial charge in [0.2, 0.25) is 5.78 Å². The Morgan fingerprint density at radius 2 is 1.93 bits per heavy atom. The van der Waals surface area contributed by atoms with E-state index in [1.54, 1.807) is 6.20 Å². The van der Waals surface area contributed by atoms with Crippen molar-refractivity contribution >= 4 is 22.7 Å². The predicted octanol–water partition coefficient (Wildman–Crippen LogP) is 4.02. The number of ketones is 1.